The molecule has 0 radical (unpaired) electrons. The van der Waals surface area contributed by atoms with Crippen LogP contribution in [0.3, 0.4) is 0 Å². The van der Waals surface area contributed by atoms with E-state index < -0.39 is 0 Å². The molecule has 3 aromatic rings. The maximum atomic E-state index is 3.39. The van der Waals surface area contributed by atoms with Gasteiger partial charge < -0.3 is 0 Å². The molecule has 0 spiro atoms. The lowest BCUT2D eigenvalue weighted by Crippen LogP contribution is -1.96. The molecule has 1 heterocycles. The van der Waals surface area contributed by atoms with Gasteiger partial charge in [0, 0.05) is 21.6 Å². The molecule has 110 valence electrons. The molecule has 0 bridgehead atoms. The summed E-state index contributed by atoms with van der Waals surface area (Å²) in [4.78, 5) is 1.27. The zero-order valence-corrected chi connectivity index (χ0v) is 13.6. The molecule has 0 fully saturated rings. The topological polar surface area (TPSA) is 0 Å². The van der Waals surface area contributed by atoms with Crippen molar-refractivity contribution in [3.8, 4) is 22.3 Å². The van der Waals surface area contributed by atoms with Crippen LogP contribution in [0.2, 0.25) is 0 Å². The summed E-state index contributed by atoms with van der Waals surface area (Å²) in [6.07, 6.45) is 6.71. The van der Waals surface area contributed by atoms with Gasteiger partial charge in [-0.15, -0.1) is 11.3 Å². The first-order valence-electron chi connectivity index (χ1n) is 7.85. The molecule has 4 rings (SSSR count). The van der Waals surface area contributed by atoms with Gasteiger partial charge in [-0.1, -0.05) is 60.4 Å². The van der Waals surface area contributed by atoms with Crippen LogP contribution in [0.25, 0.3) is 16.5 Å². The fourth-order valence-corrected chi connectivity index (χ4v) is 3.72. The SMILES string of the molecule is C(#Cc1cccc2c1C=CCC2)c1ccccc1-c1cccs1. The van der Waals surface area contributed by atoms with Gasteiger partial charge in [0.2, 0.25) is 0 Å². The predicted molar refractivity (Wildman–Crippen MR) is 99.5 cm³/mol. The maximum Gasteiger partial charge on any atom is 0.0355 e. The van der Waals surface area contributed by atoms with Gasteiger partial charge >= 0.3 is 0 Å². The van der Waals surface area contributed by atoms with Crippen LogP contribution in [0.1, 0.15) is 28.7 Å². The minimum atomic E-state index is 1.09. The van der Waals surface area contributed by atoms with E-state index in [0.717, 1.165) is 24.0 Å². The zero-order valence-electron chi connectivity index (χ0n) is 12.8. The largest absolute Gasteiger partial charge is 0.144 e. The van der Waals surface area contributed by atoms with Crippen molar-refractivity contribution in [2.75, 3.05) is 0 Å². The lowest BCUT2D eigenvalue weighted by Gasteiger charge is -2.11. The second kappa shape index (κ2) is 6.28. The highest BCUT2D eigenvalue weighted by Gasteiger charge is 2.07. The molecule has 1 aliphatic rings. The summed E-state index contributed by atoms with van der Waals surface area (Å²) in [5.74, 6) is 6.79. The molecule has 1 aromatic heterocycles. The molecule has 0 nitrogen and oxygen atoms in total. The van der Waals surface area contributed by atoms with Gasteiger partial charge in [-0.25, -0.2) is 0 Å². The van der Waals surface area contributed by atoms with Crippen molar-refractivity contribution < 1.29 is 0 Å². The Hall–Kier alpha value is -2.56. The van der Waals surface area contributed by atoms with Crippen molar-refractivity contribution in [3.63, 3.8) is 0 Å². The molecular weight excluding hydrogens is 296 g/mol. The van der Waals surface area contributed by atoms with E-state index >= 15 is 0 Å². The van der Waals surface area contributed by atoms with E-state index in [2.05, 4.69) is 84.0 Å². The molecule has 0 aliphatic heterocycles. The Kier molecular flexibility index (Phi) is 3.84. The summed E-state index contributed by atoms with van der Waals surface area (Å²) >= 11 is 1.76. The van der Waals surface area contributed by atoms with Crippen molar-refractivity contribution in [2.24, 2.45) is 0 Å². The number of thiophene rings is 1. The Morgan fingerprint density at radius 2 is 1.70 bits per heavy atom. The molecule has 2 aromatic carbocycles. The van der Waals surface area contributed by atoms with Crippen LogP contribution < -0.4 is 0 Å². The van der Waals surface area contributed by atoms with Gasteiger partial charge in [-0.2, -0.15) is 0 Å². The number of fused-ring (bicyclic) bond motifs is 1. The summed E-state index contributed by atoms with van der Waals surface area (Å²) in [5.41, 5.74) is 6.13. The Balaban J connectivity index is 1.77. The molecule has 0 N–H and O–H groups in total. The Morgan fingerprint density at radius 3 is 2.61 bits per heavy atom. The third-order valence-corrected chi connectivity index (χ3v) is 5.01. The summed E-state index contributed by atoms with van der Waals surface area (Å²) < 4.78 is 0. The first-order chi connectivity index (χ1) is 11.4. The highest BCUT2D eigenvalue weighted by molar-refractivity contribution is 7.13. The third kappa shape index (κ3) is 2.86. The number of hydrogen-bond donors (Lipinski definition) is 0. The van der Waals surface area contributed by atoms with Crippen molar-refractivity contribution in [2.45, 2.75) is 12.8 Å². The lowest BCUT2D eigenvalue weighted by molar-refractivity contribution is 0.984. The van der Waals surface area contributed by atoms with Crippen LogP contribution in [-0.2, 0) is 6.42 Å². The Morgan fingerprint density at radius 1 is 0.826 bits per heavy atom. The van der Waals surface area contributed by atoms with E-state index in [1.807, 2.05) is 0 Å². The second-order valence-corrected chi connectivity index (χ2v) is 6.54. The predicted octanol–water partition coefficient (Wildman–Crippen LogP) is 5.77. The summed E-state index contributed by atoms with van der Waals surface area (Å²) in [5, 5.41) is 2.11. The van der Waals surface area contributed by atoms with E-state index in [9.17, 15) is 0 Å². The van der Waals surface area contributed by atoms with Gasteiger partial charge in [-0.3, -0.25) is 0 Å². The standard InChI is InChI=1S/C22H16S/c1-3-11-20-17(7-1)9-5-10-18(20)14-15-19-8-2-4-12-21(19)22-13-6-16-23-22/h2-6,8-13,16H,1,7H2. The highest BCUT2D eigenvalue weighted by atomic mass is 32.1. The minimum absolute atomic E-state index is 1.09. The number of rotatable bonds is 1. The molecule has 0 amide bonds. The number of allylic oxidation sites excluding steroid dienone is 1. The number of hydrogen-bond acceptors (Lipinski definition) is 1. The smallest absolute Gasteiger partial charge is 0.0355 e. The summed E-state index contributed by atoms with van der Waals surface area (Å²) in [6, 6.07) is 19.1. The van der Waals surface area contributed by atoms with Crippen LogP contribution in [0.4, 0.5) is 0 Å². The van der Waals surface area contributed by atoms with Gasteiger partial charge in [0.1, 0.15) is 0 Å². The average Bonchev–Trinajstić information content (AvgIpc) is 3.14. The molecule has 0 unspecified atom stereocenters. The van der Waals surface area contributed by atoms with Crippen molar-refractivity contribution in [1.82, 2.24) is 0 Å². The van der Waals surface area contributed by atoms with Crippen LogP contribution in [0, 0.1) is 11.8 Å². The molecule has 0 atom stereocenters. The van der Waals surface area contributed by atoms with E-state index in [-0.39, 0.29) is 0 Å². The van der Waals surface area contributed by atoms with Gasteiger partial charge in [0.05, 0.1) is 0 Å². The fourth-order valence-electron chi connectivity index (χ4n) is 2.95. The molecule has 1 aliphatic carbocycles. The Bertz CT molecular complexity index is 918. The van der Waals surface area contributed by atoms with Crippen molar-refractivity contribution in [3.05, 3.63) is 88.3 Å². The molecular formula is C22H16S. The van der Waals surface area contributed by atoms with Gasteiger partial charge in [0.15, 0.2) is 0 Å². The van der Waals surface area contributed by atoms with Crippen molar-refractivity contribution in [1.29, 1.82) is 0 Å². The normalized spacial score (nSPS) is 12.3. The molecule has 1 heteroatoms. The van der Waals surface area contributed by atoms with Gasteiger partial charge in [0.25, 0.3) is 0 Å². The highest BCUT2D eigenvalue weighted by Crippen LogP contribution is 2.28. The number of aryl methyl sites for hydroxylation is 1. The monoisotopic (exact) mass is 312 g/mol. The van der Waals surface area contributed by atoms with E-state index in [0.29, 0.717) is 0 Å². The first kappa shape index (κ1) is 14.1. The number of benzene rings is 2. The fraction of sp³-hybridized carbons (Fsp3) is 0.0909. The maximum absolute atomic E-state index is 3.39. The van der Waals surface area contributed by atoms with E-state index in [4.69, 9.17) is 0 Å². The molecule has 23 heavy (non-hydrogen) atoms. The average molecular weight is 312 g/mol. The van der Waals surface area contributed by atoms with Crippen LogP contribution in [0.5, 0.6) is 0 Å². The van der Waals surface area contributed by atoms with Gasteiger partial charge in [-0.05, 0) is 47.5 Å². The quantitative estimate of drug-likeness (QED) is 0.500. The first-order valence-corrected chi connectivity index (χ1v) is 8.73. The lowest BCUT2D eigenvalue weighted by atomic mass is 9.93. The van der Waals surface area contributed by atoms with Crippen molar-refractivity contribution >= 4 is 17.4 Å². The summed E-state index contributed by atoms with van der Waals surface area (Å²) in [7, 11) is 0. The minimum Gasteiger partial charge on any atom is -0.144 e. The third-order valence-electron chi connectivity index (χ3n) is 4.11. The van der Waals surface area contributed by atoms with E-state index in [1.54, 1.807) is 11.3 Å². The zero-order chi connectivity index (χ0) is 15.5. The van der Waals surface area contributed by atoms with Crippen LogP contribution in [-0.4, -0.2) is 0 Å². The molecule has 0 saturated carbocycles. The van der Waals surface area contributed by atoms with E-state index in [1.165, 1.54) is 21.6 Å². The Labute approximate surface area is 141 Å². The summed E-state index contributed by atoms with van der Waals surface area (Å²) in [6.45, 7) is 0. The molecule has 0 saturated heterocycles. The van der Waals surface area contributed by atoms with Crippen LogP contribution >= 0.6 is 11.3 Å². The van der Waals surface area contributed by atoms with Crippen LogP contribution in [0.15, 0.2) is 66.1 Å². The second-order valence-electron chi connectivity index (χ2n) is 5.59.